The number of hydrogen-bond acceptors (Lipinski definition) is 5. The van der Waals surface area contributed by atoms with Gasteiger partial charge in [0.25, 0.3) is 0 Å². The fourth-order valence-corrected chi connectivity index (χ4v) is 2.26. The molecule has 2 rings (SSSR count). The van der Waals surface area contributed by atoms with E-state index < -0.39 is 15.5 Å². The van der Waals surface area contributed by atoms with Gasteiger partial charge in [-0.1, -0.05) is 0 Å². The number of ether oxygens (including phenoxy) is 1. The number of nitrogens with one attached hydrogen (secondary N) is 1. The van der Waals surface area contributed by atoms with E-state index in [1.807, 2.05) is 0 Å². The van der Waals surface area contributed by atoms with Gasteiger partial charge in [-0.3, -0.25) is 4.72 Å². The van der Waals surface area contributed by atoms with Gasteiger partial charge >= 0.3 is 15.5 Å². The number of anilines is 1. The van der Waals surface area contributed by atoms with Crippen molar-refractivity contribution < 1.29 is 26.3 Å². The highest BCUT2D eigenvalue weighted by Gasteiger charge is 2.45. The van der Waals surface area contributed by atoms with E-state index in [0.29, 0.717) is 5.69 Å². The van der Waals surface area contributed by atoms with Gasteiger partial charge < -0.3 is 4.74 Å². The Morgan fingerprint density at radius 3 is 2.30 bits per heavy atom. The number of benzene rings is 1. The van der Waals surface area contributed by atoms with Crippen molar-refractivity contribution in [1.82, 2.24) is 9.97 Å². The molecule has 0 atom stereocenters. The maximum atomic E-state index is 12.3. The van der Waals surface area contributed by atoms with Gasteiger partial charge in [-0.05, 0) is 42.8 Å². The summed E-state index contributed by atoms with van der Waals surface area (Å²) in [4.78, 5) is 7.66. The van der Waals surface area contributed by atoms with Gasteiger partial charge in [0.05, 0.1) is 0 Å². The number of aromatic nitrogens is 2. The van der Waals surface area contributed by atoms with Crippen molar-refractivity contribution >= 4 is 27.3 Å². The number of rotatable bonds is 4. The summed E-state index contributed by atoms with van der Waals surface area (Å²) in [6.45, 7) is 1.68. The molecule has 0 fully saturated rings. The smallest absolute Gasteiger partial charge is 0.439 e. The molecule has 1 aromatic heterocycles. The van der Waals surface area contributed by atoms with Crippen molar-refractivity contribution in [3.8, 4) is 11.6 Å². The van der Waals surface area contributed by atoms with Crippen LogP contribution in [0.2, 0.25) is 5.28 Å². The molecule has 0 aliphatic heterocycles. The van der Waals surface area contributed by atoms with Gasteiger partial charge in [-0.25, -0.2) is 4.98 Å². The fourth-order valence-electron chi connectivity index (χ4n) is 1.48. The molecule has 2 aromatic rings. The monoisotopic (exact) mass is 367 g/mol. The highest BCUT2D eigenvalue weighted by Crippen LogP contribution is 2.27. The number of sulfonamides is 1. The van der Waals surface area contributed by atoms with Crippen molar-refractivity contribution in [3.63, 3.8) is 0 Å². The number of aryl methyl sites for hydroxylation is 1. The maximum absolute atomic E-state index is 12.3. The van der Waals surface area contributed by atoms with E-state index in [1.54, 1.807) is 6.92 Å². The van der Waals surface area contributed by atoms with Crippen molar-refractivity contribution in [2.75, 3.05) is 4.72 Å². The van der Waals surface area contributed by atoms with E-state index in [9.17, 15) is 21.6 Å². The lowest BCUT2D eigenvalue weighted by Gasteiger charge is -2.11. The highest BCUT2D eigenvalue weighted by molar-refractivity contribution is 7.93. The summed E-state index contributed by atoms with van der Waals surface area (Å²) in [5.41, 5.74) is -5.08. The molecule has 11 heteroatoms. The average molecular weight is 368 g/mol. The normalized spacial score (nSPS) is 12.0. The third kappa shape index (κ3) is 4.45. The fraction of sp³-hybridized carbons (Fsp3) is 0.167. The van der Waals surface area contributed by atoms with Gasteiger partial charge in [-0.2, -0.15) is 26.6 Å². The first-order valence-corrected chi connectivity index (χ1v) is 7.81. The second-order valence-electron chi connectivity index (χ2n) is 4.29. The van der Waals surface area contributed by atoms with Gasteiger partial charge in [0.1, 0.15) is 5.75 Å². The molecule has 0 radical (unpaired) electrons. The first kappa shape index (κ1) is 17.3. The minimum atomic E-state index is -5.46. The van der Waals surface area contributed by atoms with Crippen LogP contribution in [-0.2, 0) is 10.0 Å². The highest BCUT2D eigenvalue weighted by atomic mass is 35.5. The molecule has 1 aromatic carbocycles. The minimum Gasteiger partial charge on any atom is -0.439 e. The SMILES string of the molecule is Cc1cc(Oc2ccc(NS(=O)(=O)C(F)(F)F)cc2)nc(Cl)n1. The molecule has 6 nitrogen and oxygen atoms in total. The largest absolute Gasteiger partial charge is 0.516 e. The van der Waals surface area contributed by atoms with E-state index in [1.165, 1.54) is 22.9 Å². The van der Waals surface area contributed by atoms with E-state index in [2.05, 4.69) is 9.97 Å². The molecule has 1 N–H and O–H groups in total. The Bertz CT molecular complexity index is 790. The van der Waals surface area contributed by atoms with Crippen LogP contribution in [0.25, 0.3) is 0 Å². The predicted molar refractivity (Wildman–Crippen MR) is 76.9 cm³/mol. The van der Waals surface area contributed by atoms with Crippen molar-refractivity contribution in [2.45, 2.75) is 12.4 Å². The van der Waals surface area contributed by atoms with Crippen LogP contribution in [0.3, 0.4) is 0 Å². The third-order valence-corrected chi connectivity index (χ3v) is 3.72. The van der Waals surface area contributed by atoms with Crippen molar-refractivity contribution in [2.24, 2.45) is 0 Å². The lowest BCUT2D eigenvalue weighted by atomic mass is 10.3. The van der Waals surface area contributed by atoms with Crippen molar-refractivity contribution in [1.29, 1.82) is 0 Å². The van der Waals surface area contributed by atoms with Gasteiger partial charge in [0.2, 0.25) is 11.2 Å². The molecule has 0 unspecified atom stereocenters. The minimum absolute atomic E-state index is 0.0189. The number of halogens is 4. The summed E-state index contributed by atoms with van der Waals surface area (Å²) in [5.74, 6) is 0.375. The van der Waals surface area contributed by atoms with E-state index >= 15 is 0 Å². The molecular formula is C12H9ClF3N3O3S. The Morgan fingerprint density at radius 1 is 1.17 bits per heavy atom. The Morgan fingerprint density at radius 2 is 1.78 bits per heavy atom. The standard InChI is InChI=1S/C12H9ClF3N3O3S/c1-7-6-10(18-11(13)17-7)22-9-4-2-8(3-5-9)19-23(20,21)12(14,15)16/h2-6,19H,1H3. The molecule has 0 amide bonds. The lowest BCUT2D eigenvalue weighted by molar-refractivity contribution is -0.0429. The zero-order valence-electron chi connectivity index (χ0n) is 11.4. The summed E-state index contributed by atoms with van der Waals surface area (Å²) < 4.78 is 65.5. The molecule has 0 aliphatic carbocycles. The summed E-state index contributed by atoms with van der Waals surface area (Å²) in [7, 11) is -5.46. The zero-order chi connectivity index (χ0) is 17.3. The maximum Gasteiger partial charge on any atom is 0.516 e. The van der Waals surface area contributed by atoms with Gasteiger partial charge in [-0.15, -0.1) is 0 Å². The van der Waals surface area contributed by atoms with Crippen LogP contribution in [0.5, 0.6) is 11.6 Å². The van der Waals surface area contributed by atoms with E-state index in [4.69, 9.17) is 16.3 Å². The summed E-state index contributed by atoms with van der Waals surface area (Å²) in [6.07, 6.45) is 0. The van der Waals surface area contributed by atoms with Crippen LogP contribution in [0, 0.1) is 6.92 Å². The first-order chi connectivity index (χ1) is 10.6. The summed E-state index contributed by atoms with van der Waals surface area (Å²) in [5, 5.41) is -0.0189. The van der Waals surface area contributed by atoms with E-state index in [0.717, 1.165) is 12.1 Å². The Hall–Kier alpha value is -2.07. The molecule has 0 spiro atoms. The second kappa shape index (κ2) is 6.20. The molecule has 0 bridgehead atoms. The van der Waals surface area contributed by atoms with Crippen LogP contribution in [0.15, 0.2) is 30.3 Å². The Kier molecular flexibility index (Phi) is 4.66. The Labute approximate surface area is 134 Å². The van der Waals surface area contributed by atoms with Gasteiger partial charge in [0, 0.05) is 17.4 Å². The van der Waals surface area contributed by atoms with Crippen LogP contribution < -0.4 is 9.46 Å². The quantitative estimate of drug-likeness (QED) is 0.836. The lowest BCUT2D eigenvalue weighted by Crippen LogP contribution is -2.29. The second-order valence-corrected chi connectivity index (χ2v) is 6.31. The molecule has 23 heavy (non-hydrogen) atoms. The number of alkyl halides is 3. The molecule has 0 saturated carbocycles. The average Bonchev–Trinajstić information content (AvgIpc) is 2.38. The van der Waals surface area contributed by atoms with Crippen LogP contribution in [-0.4, -0.2) is 23.9 Å². The number of hydrogen-bond donors (Lipinski definition) is 1. The Balaban J connectivity index is 2.14. The van der Waals surface area contributed by atoms with Crippen LogP contribution in [0.1, 0.15) is 5.69 Å². The number of nitrogens with zero attached hydrogens (tertiary/aromatic N) is 2. The zero-order valence-corrected chi connectivity index (χ0v) is 13.0. The summed E-state index contributed by atoms with van der Waals surface area (Å²) in [6, 6.07) is 6.30. The predicted octanol–water partition coefficient (Wildman–Crippen LogP) is 3.49. The van der Waals surface area contributed by atoms with Crippen LogP contribution in [0.4, 0.5) is 18.9 Å². The molecular weight excluding hydrogens is 359 g/mol. The first-order valence-electron chi connectivity index (χ1n) is 5.95. The van der Waals surface area contributed by atoms with Crippen LogP contribution >= 0.6 is 11.6 Å². The summed E-state index contributed by atoms with van der Waals surface area (Å²) >= 11 is 5.67. The third-order valence-electron chi connectivity index (χ3n) is 2.44. The topological polar surface area (TPSA) is 81.2 Å². The molecule has 124 valence electrons. The van der Waals surface area contributed by atoms with E-state index in [-0.39, 0.29) is 22.6 Å². The van der Waals surface area contributed by atoms with Gasteiger partial charge in [0.15, 0.2) is 0 Å². The van der Waals surface area contributed by atoms with Crippen molar-refractivity contribution in [3.05, 3.63) is 41.3 Å². The molecule has 0 aliphatic rings. The molecule has 1 heterocycles. The molecule has 0 saturated heterocycles.